The molecule has 0 amide bonds. The third-order valence-corrected chi connectivity index (χ3v) is 2.74. The molecule has 1 aromatic heterocycles. The van der Waals surface area contributed by atoms with E-state index in [4.69, 9.17) is 12.2 Å². The van der Waals surface area contributed by atoms with Crippen molar-refractivity contribution in [3.63, 3.8) is 0 Å². The minimum atomic E-state index is -4.46. The van der Waals surface area contributed by atoms with E-state index in [9.17, 15) is 18.0 Å². The molecular weight excluding hydrogens is 267 g/mol. The van der Waals surface area contributed by atoms with Crippen LogP contribution >= 0.6 is 12.2 Å². The summed E-state index contributed by atoms with van der Waals surface area (Å²) in [6, 6.07) is 5.07. The molecule has 0 bridgehead atoms. The third-order valence-electron chi connectivity index (χ3n) is 2.42. The number of nitrogens with one attached hydrogen (secondary N) is 2. The summed E-state index contributed by atoms with van der Waals surface area (Å²) in [5, 5.41) is 4.59. The quantitative estimate of drug-likeness (QED) is 0.826. The van der Waals surface area contributed by atoms with E-state index in [1.807, 2.05) is 0 Å². The average Bonchev–Trinajstić information content (AvgIpc) is 2.60. The molecule has 0 fully saturated rings. The van der Waals surface area contributed by atoms with Gasteiger partial charge in [-0.1, -0.05) is 18.2 Å². The first kappa shape index (κ1) is 12.6. The van der Waals surface area contributed by atoms with Gasteiger partial charge in [-0.25, -0.2) is 9.89 Å². The van der Waals surface area contributed by atoms with Crippen molar-refractivity contribution in [2.45, 2.75) is 12.7 Å². The van der Waals surface area contributed by atoms with Gasteiger partial charge in [-0.2, -0.15) is 13.2 Å². The van der Waals surface area contributed by atoms with Crippen LogP contribution in [0.1, 0.15) is 11.1 Å². The number of H-pyrrole nitrogens is 2. The standard InChI is InChI=1S/C10H8F3N3OS/c11-10(12,13)7-4-2-1-3-6(7)5-16-8(17)14-15-9(16)18/h1-4H,5H2,(H,14,17)(H,15,18). The predicted octanol–water partition coefficient (Wildman–Crippen LogP) is 2.30. The lowest BCUT2D eigenvalue weighted by Crippen LogP contribution is -2.20. The number of hydrogen-bond acceptors (Lipinski definition) is 2. The molecule has 4 nitrogen and oxygen atoms in total. The van der Waals surface area contributed by atoms with Crippen molar-refractivity contribution in [3.05, 3.63) is 50.6 Å². The fourth-order valence-corrected chi connectivity index (χ4v) is 1.78. The molecule has 0 saturated carbocycles. The highest BCUT2D eigenvalue weighted by molar-refractivity contribution is 7.71. The topological polar surface area (TPSA) is 53.6 Å². The first-order valence-corrected chi connectivity index (χ1v) is 5.33. The molecule has 0 atom stereocenters. The summed E-state index contributed by atoms with van der Waals surface area (Å²) in [7, 11) is 0. The Balaban J connectivity index is 2.48. The number of alkyl halides is 3. The molecule has 0 spiro atoms. The number of rotatable bonds is 2. The van der Waals surface area contributed by atoms with Crippen LogP contribution in [0.5, 0.6) is 0 Å². The molecule has 18 heavy (non-hydrogen) atoms. The van der Waals surface area contributed by atoms with Gasteiger partial charge < -0.3 is 0 Å². The Hall–Kier alpha value is -1.83. The lowest BCUT2D eigenvalue weighted by molar-refractivity contribution is -0.138. The summed E-state index contributed by atoms with van der Waals surface area (Å²) in [5.41, 5.74) is -1.35. The third kappa shape index (κ3) is 2.37. The Labute approximate surface area is 104 Å². The molecule has 1 aromatic carbocycles. The largest absolute Gasteiger partial charge is 0.416 e. The van der Waals surface area contributed by atoms with Gasteiger partial charge in [0, 0.05) is 0 Å². The zero-order valence-electron chi connectivity index (χ0n) is 8.91. The summed E-state index contributed by atoms with van der Waals surface area (Å²) in [6.07, 6.45) is -4.46. The van der Waals surface area contributed by atoms with E-state index >= 15 is 0 Å². The zero-order chi connectivity index (χ0) is 13.3. The van der Waals surface area contributed by atoms with Crippen molar-refractivity contribution in [2.24, 2.45) is 0 Å². The monoisotopic (exact) mass is 275 g/mol. The highest BCUT2D eigenvalue weighted by atomic mass is 32.1. The molecule has 2 N–H and O–H groups in total. The second-order valence-corrected chi connectivity index (χ2v) is 3.99. The lowest BCUT2D eigenvalue weighted by atomic mass is 10.1. The molecule has 96 valence electrons. The molecule has 2 rings (SSSR count). The van der Waals surface area contributed by atoms with Crippen LogP contribution in [0.3, 0.4) is 0 Å². The van der Waals surface area contributed by atoms with Gasteiger partial charge in [0.2, 0.25) is 0 Å². The van der Waals surface area contributed by atoms with Gasteiger partial charge >= 0.3 is 11.9 Å². The molecule has 2 aromatic rings. The Morgan fingerprint density at radius 2 is 1.89 bits per heavy atom. The maximum atomic E-state index is 12.7. The van der Waals surface area contributed by atoms with Gasteiger partial charge in [0.05, 0.1) is 12.1 Å². The number of halogens is 3. The van der Waals surface area contributed by atoms with Crippen LogP contribution in [0, 0.1) is 4.77 Å². The minimum Gasteiger partial charge on any atom is -0.272 e. The van der Waals surface area contributed by atoms with Crippen LogP contribution in [0.15, 0.2) is 29.1 Å². The van der Waals surface area contributed by atoms with Crippen molar-refractivity contribution >= 4 is 12.2 Å². The fraction of sp³-hybridized carbons (Fsp3) is 0.200. The first-order valence-electron chi connectivity index (χ1n) is 4.92. The van der Waals surface area contributed by atoms with Gasteiger partial charge in [-0.15, -0.1) is 0 Å². The van der Waals surface area contributed by atoms with Crippen LogP contribution in [-0.2, 0) is 12.7 Å². The van der Waals surface area contributed by atoms with Crippen LogP contribution in [0.4, 0.5) is 13.2 Å². The molecule has 0 aliphatic rings. The van der Waals surface area contributed by atoms with Gasteiger partial charge in [0.25, 0.3) is 0 Å². The Kier molecular flexibility index (Phi) is 3.12. The van der Waals surface area contributed by atoms with Crippen molar-refractivity contribution < 1.29 is 13.2 Å². The van der Waals surface area contributed by atoms with Gasteiger partial charge in [0.1, 0.15) is 0 Å². The van der Waals surface area contributed by atoms with Crippen molar-refractivity contribution in [1.82, 2.24) is 14.8 Å². The van der Waals surface area contributed by atoms with Crippen LogP contribution in [-0.4, -0.2) is 14.8 Å². The smallest absolute Gasteiger partial charge is 0.272 e. The summed E-state index contributed by atoms with van der Waals surface area (Å²) in [6.45, 7) is -0.229. The lowest BCUT2D eigenvalue weighted by Gasteiger charge is -2.12. The molecular formula is C10H8F3N3OS. The summed E-state index contributed by atoms with van der Waals surface area (Å²) in [5.74, 6) is 0. The second-order valence-electron chi connectivity index (χ2n) is 3.60. The van der Waals surface area contributed by atoms with Gasteiger partial charge in [-0.05, 0) is 23.8 Å². The maximum Gasteiger partial charge on any atom is 0.416 e. The van der Waals surface area contributed by atoms with Crippen LogP contribution in [0.2, 0.25) is 0 Å². The first-order chi connectivity index (χ1) is 8.39. The molecule has 1 heterocycles. The van der Waals surface area contributed by atoms with E-state index in [1.54, 1.807) is 0 Å². The Bertz CT molecular complexity index is 640. The van der Waals surface area contributed by atoms with E-state index in [1.165, 1.54) is 18.2 Å². The van der Waals surface area contributed by atoms with Crippen molar-refractivity contribution in [1.29, 1.82) is 0 Å². The normalized spacial score (nSPS) is 11.7. The molecule has 0 radical (unpaired) electrons. The summed E-state index contributed by atoms with van der Waals surface area (Å²) < 4.78 is 39.3. The van der Waals surface area contributed by atoms with E-state index in [-0.39, 0.29) is 16.9 Å². The molecule has 0 unspecified atom stereocenters. The van der Waals surface area contributed by atoms with Gasteiger partial charge in [-0.3, -0.25) is 9.67 Å². The van der Waals surface area contributed by atoms with E-state index in [0.29, 0.717) is 0 Å². The highest BCUT2D eigenvalue weighted by Gasteiger charge is 2.32. The zero-order valence-corrected chi connectivity index (χ0v) is 9.73. The summed E-state index contributed by atoms with van der Waals surface area (Å²) >= 11 is 4.80. The van der Waals surface area contributed by atoms with Crippen molar-refractivity contribution in [3.8, 4) is 0 Å². The molecule has 8 heteroatoms. The molecule has 0 aliphatic carbocycles. The number of aromatic amines is 2. The number of aromatic nitrogens is 3. The van der Waals surface area contributed by atoms with Crippen molar-refractivity contribution in [2.75, 3.05) is 0 Å². The Morgan fingerprint density at radius 1 is 1.22 bits per heavy atom. The van der Waals surface area contributed by atoms with Gasteiger partial charge in [0.15, 0.2) is 4.77 Å². The second kappa shape index (κ2) is 4.45. The van der Waals surface area contributed by atoms with E-state index in [0.717, 1.165) is 10.6 Å². The number of hydrogen-bond donors (Lipinski definition) is 2. The number of nitrogens with zero attached hydrogens (tertiary/aromatic N) is 1. The van der Waals surface area contributed by atoms with E-state index in [2.05, 4.69) is 10.2 Å². The molecule has 0 aliphatic heterocycles. The maximum absolute atomic E-state index is 12.7. The predicted molar refractivity (Wildman–Crippen MR) is 60.8 cm³/mol. The SMILES string of the molecule is O=c1[nH][nH]c(=S)n1Cc1ccccc1C(F)(F)F. The minimum absolute atomic E-state index is 0.00815. The Morgan fingerprint density at radius 3 is 2.44 bits per heavy atom. The van der Waals surface area contributed by atoms with Crippen LogP contribution in [0.25, 0.3) is 0 Å². The van der Waals surface area contributed by atoms with Crippen LogP contribution < -0.4 is 5.69 Å². The molecule has 0 saturated heterocycles. The number of benzene rings is 1. The summed E-state index contributed by atoms with van der Waals surface area (Å²) in [4.78, 5) is 11.3. The average molecular weight is 275 g/mol. The van der Waals surface area contributed by atoms with E-state index < -0.39 is 17.4 Å². The fourth-order valence-electron chi connectivity index (χ4n) is 1.58. The highest BCUT2D eigenvalue weighted by Crippen LogP contribution is 2.31.